The van der Waals surface area contributed by atoms with Gasteiger partial charge in [-0.25, -0.2) is 0 Å². The first-order valence-corrected chi connectivity index (χ1v) is 14.9. The van der Waals surface area contributed by atoms with E-state index in [0.29, 0.717) is 17.4 Å². The van der Waals surface area contributed by atoms with Crippen LogP contribution >= 0.6 is 0 Å². The number of benzene rings is 3. The highest BCUT2D eigenvalue weighted by Crippen LogP contribution is 2.51. The molecule has 0 bridgehead atoms. The summed E-state index contributed by atoms with van der Waals surface area (Å²) < 4.78 is 12.4. The molecule has 0 saturated heterocycles. The number of rotatable bonds is 5. The Bertz CT molecular complexity index is 1810. The summed E-state index contributed by atoms with van der Waals surface area (Å²) in [5, 5.41) is 13.8. The molecule has 2 aromatic heterocycles. The molecule has 0 saturated carbocycles. The van der Waals surface area contributed by atoms with Gasteiger partial charge in [0.2, 0.25) is 17.1 Å². The average molecular weight is 590 g/mol. The molecule has 0 fully saturated rings. The number of aromatic nitrogens is 4. The van der Waals surface area contributed by atoms with Gasteiger partial charge in [-0.1, -0.05) is 68.6 Å². The molecule has 0 amide bonds. The summed E-state index contributed by atoms with van der Waals surface area (Å²) in [4.78, 5) is 16.4. The van der Waals surface area contributed by atoms with E-state index in [9.17, 15) is 0 Å². The van der Waals surface area contributed by atoms with Crippen molar-refractivity contribution in [3.63, 3.8) is 0 Å². The van der Waals surface area contributed by atoms with E-state index < -0.39 is 11.0 Å². The van der Waals surface area contributed by atoms with Crippen molar-refractivity contribution < 1.29 is 13.9 Å². The first-order valence-electron chi connectivity index (χ1n) is 14.9. The minimum absolute atomic E-state index is 0.278. The molecule has 0 atom stereocenters. The van der Waals surface area contributed by atoms with Gasteiger partial charge in [0.1, 0.15) is 5.71 Å². The molecule has 3 heterocycles. The van der Waals surface area contributed by atoms with E-state index in [4.69, 9.17) is 29.0 Å². The van der Waals surface area contributed by atoms with Crippen molar-refractivity contribution in [3.8, 4) is 22.8 Å². The SMILES string of the molecule is Cc1cc(C)c(C2=NOC(C)(C)C2(c2nc(-c3c(C)cc(C)cc3C)no2)c2nc(-c3c(C)cc(C)cc3C)no2)c(C)c1. The molecule has 44 heavy (non-hydrogen) atoms. The molecule has 0 N–H and O–H groups in total. The molecular weight excluding hydrogens is 550 g/mol. The molecule has 6 rings (SSSR count). The monoisotopic (exact) mass is 589 g/mol. The predicted molar refractivity (Wildman–Crippen MR) is 171 cm³/mol. The van der Waals surface area contributed by atoms with Gasteiger partial charge in [0.25, 0.3) is 11.8 Å². The molecule has 8 heteroatoms. The zero-order valence-corrected chi connectivity index (χ0v) is 27.4. The van der Waals surface area contributed by atoms with Gasteiger partial charge in [-0.05, 0) is 110 Å². The van der Waals surface area contributed by atoms with Crippen LogP contribution in [0, 0.1) is 62.3 Å². The highest BCUT2D eigenvalue weighted by Gasteiger charge is 2.66. The van der Waals surface area contributed by atoms with Crippen LogP contribution in [-0.4, -0.2) is 31.6 Å². The summed E-state index contributed by atoms with van der Waals surface area (Å²) in [5.41, 5.74) is 10.9. The van der Waals surface area contributed by atoms with E-state index in [2.05, 4.69) is 109 Å². The van der Waals surface area contributed by atoms with Crippen LogP contribution in [0.3, 0.4) is 0 Å². The Labute approximate surface area is 258 Å². The molecule has 1 aliphatic rings. The molecule has 0 unspecified atom stereocenters. The Morgan fingerprint density at radius 3 is 1.20 bits per heavy atom. The fourth-order valence-corrected chi connectivity index (χ4v) is 7.20. The Morgan fingerprint density at radius 2 is 0.841 bits per heavy atom. The molecule has 5 aromatic rings. The summed E-state index contributed by atoms with van der Waals surface area (Å²) in [6.45, 7) is 22.5. The van der Waals surface area contributed by atoms with E-state index in [0.717, 1.165) is 55.6 Å². The maximum absolute atomic E-state index is 6.26. The Hall–Kier alpha value is -4.59. The van der Waals surface area contributed by atoms with Crippen molar-refractivity contribution in [2.45, 2.75) is 87.2 Å². The number of hydrogen-bond acceptors (Lipinski definition) is 8. The first-order chi connectivity index (χ1) is 20.7. The average Bonchev–Trinajstić information content (AvgIpc) is 3.62. The second-order valence-electron chi connectivity index (χ2n) is 13.0. The zero-order chi connectivity index (χ0) is 31.7. The molecule has 3 aromatic carbocycles. The van der Waals surface area contributed by atoms with Gasteiger partial charge in [-0.15, -0.1) is 0 Å². The van der Waals surface area contributed by atoms with E-state index in [1.807, 2.05) is 13.8 Å². The van der Waals surface area contributed by atoms with Crippen LogP contribution in [0.25, 0.3) is 22.8 Å². The van der Waals surface area contributed by atoms with Crippen LogP contribution in [0.5, 0.6) is 0 Å². The van der Waals surface area contributed by atoms with E-state index in [1.54, 1.807) is 0 Å². The summed E-state index contributed by atoms with van der Waals surface area (Å²) in [7, 11) is 0. The van der Waals surface area contributed by atoms with E-state index >= 15 is 0 Å². The minimum atomic E-state index is -1.31. The van der Waals surface area contributed by atoms with Crippen LogP contribution in [0.15, 0.2) is 50.6 Å². The largest absolute Gasteiger partial charge is 0.387 e. The highest BCUT2D eigenvalue weighted by molar-refractivity contribution is 6.12. The lowest BCUT2D eigenvalue weighted by Gasteiger charge is -2.33. The van der Waals surface area contributed by atoms with Crippen LogP contribution in [0.1, 0.15) is 81.3 Å². The van der Waals surface area contributed by atoms with Crippen LogP contribution < -0.4 is 0 Å². The van der Waals surface area contributed by atoms with Crippen LogP contribution in [-0.2, 0) is 10.3 Å². The van der Waals surface area contributed by atoms with Crippen molar-refractivity contribution >= 4 is 5.71 Å². The van der Waals surface area contributed by atoms with Gasteiger partial charge in [-0.3, -0.25) is 0 Å². The number of aryl methyl sites for hydroxylation is 9. The molecule has 8 nitrogen and oxygen atoms in total. The Balaban J connectivity index is 1.65. The van der Waals surface area contributed by atoms with Gasteiger partial charge in [0.05, 0.1) is 0 Å². The van der Waals surface area contributed by atoms with Crippen molar-refractivity contribution in [3.05, 3.63) is 104 Å². The van der Waals surface area contributed by atoms with Crippen molar-refractivity contribution in [2.24, 2.45) is 5.16 Å². The normalized spacial score (nSPS) is 15.4. The Kier molecular flexibility index (Phi) is 6.87. The van der Waals surface area contributed by atoms with Crippen molar-refractivity contribution in [1.82, 2.24) is 20.3 Å². The fourth-order valence-electron chi connectivity index (χ4n) is 7.20. The molecular formula is C36H39N5O3. The number of oxime groups is 1. The second kappa shape index (κ2) is 10.3. The maximum Gasteiger partial charge on any atom is 0.253 e. The lowest BCUT2D eigenvalue weighted by atomic mass is 9.67. The quantitative estimate of drug-likeness (QED) is 0.204. The molecule has 0 spiro atoms. The second-order valence-corrected chi connectivity index (χ2v) is 13.0. The lowest BCUT2D eigenvalue weighted by molar-refractivity contribution is -0.0309. The third kappa shape index (κ3) is 4.38. The van der Waals surface area contributed by atoms with Gasteiger partial charge < -0.3 is 13.9 Å². The van der Waals surface area contributed by atoms with Gasteiger partial charge in [-0.2, -0.15) is 9.97 Å². The van der Waals surface area contributed by atoms with Crippen molar-refractivity contribution in [2.75, 3.05) is 0 Å². The lowest BCUT2D eigenvalue weighted by Crippen LogP contribution is -2.52. The third-order valence-corrected chi connectivity index (χ3v) is 8.83. The summed E-state index contributed by atoms with van der Waals surface area (Å²) in [6.07, 6.45) is 0. The van der Waals surface area contributed by atoms with Gasteiger partial charge in [0, 0.05) is 16.7 Å². The molecule has 0 aliphatic carbocycles. The zero-order valence-electron chi connectivity index (χ0n) is 27.4. The first kappa shape index (κ1) is 29.5. The summed E-state index contributed by atoms with van der Waals surface area (Å²) in [6, 6.07) is 12.8. The standard InChI is InChI=1S/C36H39N5O3/c1-18-12-21(4)27(22(5)13-18)30-36(35(10,11)44-39-30,33-37-31(40-42-33)28-23(6)14-19(2)15-24(28)7)34-38-32(41-43-34)29-25(8)16-20(3)17-26(29)9/h12-17H,1-11H3. The smallest absolute Gasteiger partial charge is 0.253 e. The Morgan fingerprint density at radius 1 is 0.500 bits per heavy atom. The number of nitrogens with zero attached hydrogens (tertiary/aromatic N) is 5. The van der Waals surface area contributed by atoms with Gasteiger partial charge >= 0.3 is 0 Å². The predicted octanol–water partition coefficient (Wildman–Crippen LogP) is 8.06. The van der Waals surface area contributed by atoms with Crippen LogP contribution in [0.4, 0.5) is 0 Å². The maximum atomic E-state index is 6.26. The topological polar surface area (TPSA) is 99.4 Å². The molecule has 0 radical (unpaired) electrons. The molecule has 1 aliphatic heterocycles. The summed E-state index contributed by atoms with van der Waals surface area (Å²) >= 11 is 0. The van der Waals surface area contributed by atoms with E-state index in [1.165, 1.54) is 11.1 Å². The number of hydrogen-bond donors (Lipinski definition) is 0. The summed E-state index contributed by atoms with van der Waals surface area (Å²) in [5.74, 6) is 1.53. The molecule has 226 valence electrons. The van der Waals surface area contributed by atoms with Crippen LogP contribution in [0.2, 0.25) is 0 Å². The van der Waals surface area contributed by atoms with Gasteiger partial charge in [0.15, 0.2) is 5.60 Å². The third-order valence-electron chi connectivity index (χ3n) is 8.83. The van der Waals surface area contributed by atoms with Crippen molar-refractivity contribution in [1.29, 1.82) is 0 Å². The highest BCUT2D eigenvalue weighted by atomic mass is 16.7. The fraction of sp³-hybridized carbons (Fsp3) is 0.361. The minimum Gasteiger partial charge on any atom is -0.387 e. The van der Waals surface area contributed by atoms with E-state index in [-0.39, 0.29) is 11.8 Å².